The average molecular weight is 312 g/mol. The molecule has 0 unspecified atom stereocenters. The molecule has 0 bridgehead atoms. The maximum atomic E-state index is 13.5. The van der Waals surface area contributed by atoms with Gasteiger partial charge in [0, 0.05) is 17.1 Å². The molecule has 0 aromatic heterocycles. The molecule has 0 saturated carbocycles. The molecular weight excluding hydrogens is 300 g/mol. The highest BCUT2D eigenvalue weighted by Gasteiger charge is 2.13. The number of ether oxygens (including phenoxy) is 1. The van der Waals surface area contributed by atoms with Gasteiger partial charge in [-0.05, 0) is 30.3 Å². The third-order valence-corrected chi connectivity index (χ3v) is 3.10. The van der Waals surface area contributed by atoms with E-state index in [0.29, 0.717) is 16.3 Å². The number of amides is 1. The highest BCUT2D eigenvalue weighted by molar-refractivity contribution is 6.30. The summed E-state index contributed by atoms with van der Waals surface area (Å²) >= 11 is 5.83. The van der Waals surface area contributed by atoms with Gasteiger partial charge in [0.2, 0.25) is 0 Å². The molecule has 0 aliphatic heterocycles. The summed E-state index contributed by atoms with van der Waals surface area (Å²) in [6, 6.07) is 7.65. The van der Waals surface area contributed by atoms with Crippen LogP contribution in [0.25, 0.3) is 0 Å². The average Bonchev–Trinajstić information content (AvgIpc) is 2.48. The van der Waals surface area contributed by atoms with E-state index >= 15 is 0 Å². The number of hydrogen-bond donors (Lipinski definition) is 1. The third-order valence-electron chi connectivity index (χ3n) is 2.86. The molecule has 21 heavy (non-hydrogen) atoms. The van der Waals surface area contributed by atoms with Crippen LogP contribution in [0.1, 0.15) is 15.9 Å². The molecule has 6 heteroatoms. The number of methoxy groups -OCH3 is 1. The molecule has 3 nitrogen and oxygen atoms in total. The summed E-state index contributed by atoms with van der Waals surface area (Å²) in [5.74, 6) is -1.66. The van der Waals surface area contributed by atoms with Crippen LogP contribution in [-0.4, -0.2) is 13.0 Å². The topological polar surface area (TPSA) is 38.3 Å². The molecule has 0 heterocycles. The standard InChI is InChI=1S/C15H12ClF2NO2/c1-21-14-6-10(16)3-2-9(14)8-19-15(20)12-7-11(17)4-5-13(12)18/h2-7H,8H2,1H3,(H,19,20). The van der Waals surface area contributed by atoms with Gasteiger partial charge in [0.05, 0.1) is 12.7 Å². The summed E-state index contributed by atoms with van der Waals surface area (Å²) < 4.78 is 31.7. The van der Waals surface area contributed by atoms with Crippen LogP contribution in [-0.2, 0) is 6.54 Å². The van der Waals surface area contributed by atoms with Gasteiger partial charge in [-0.2, -0.15) is 0 Å². The minimum atomic E-state index is -0.781. The fourth-order valence-electron chi connectivity index (χ4n) is 1.81. The summed E-state index contributed by atoms with van der Waals surface area (Å²) in [6.07, 6.45) is 0. The number of rotatable bonds is 4. The Morgan fingerprint density at radius 2 is 2.00 bits per heavy atom. The summed E-state index contributed by atoms with van der Waals surface area (Å²) in [4.78, 5) is 11.9. The van der Waals surface area contributed by atoms with Crippen LogP contribution >= 0.6 is 11.6 Å². The Hall–Kier alpha value is -2.14. The summed E-state index contributed by atoms with van der Waals surface area (Å²) in [5, 5.41) is 3.01. The van der Waals surface area contributed by atoms with Crippen molar-refractivity contribution in [2.24, 2.45) is 0 Å². The maximum absolute atomic E-state index is 13.5. The van der Waals surface area contributed by atoms with E-state index in [9.17, 15) is 13.6 Å². The van der Waals surface area contributed by atoms with Crippen molar-refractivity contribution in [1.29, 1.82) is 0 Å². The molecule has 1 N–H and O–H groups in total. The van der Waals surface area contributed by atoms with Crippen LogP contribution in [0.5, 0.6) is 5.75 Å². The summed E-state index contributed by atoms with van der Waals surface area (Å²) in [5.41, 5.74) is 0.329. The monoisotopic (exact) mass is 311 g/mol. The highest BCUT2D eigenvalue weighted by atomic mass is 35.5. The van der Waals surface area contributed by atoms with Crippen molar-refractivity contribution in [3.8, 4) is 5.75 Å². The van der Waals surface area contributed by atoms with Crippen LogP contribution in [0.15, 0.2) is 36.4 Å². The van der Waals surface area contributed by atoms with Gasteiger partial charge in [0.15, 0.2) is 0 Å². The first-order valence-corrected chi connectivity index (χ1v) is 6.44. The van der Waals surface area contributed by atoms with Crippen LogP contribution in [0.4, 0.5) is 8.78 Å². The van der Waals surface area contributed by atoms with Gasteiger partial charge in [0.25, 0.3) is 5.91 Å². The minimum absolute atomic E-state index is 0.106. The molecule has 0 aliphatic carbocycles. The van der Waals surface area contributed by atoms with Crippen LogP contribution in [0.3, 0.4) is 0 Å². The molecule has 0 spiro atoms. The van der Waals surface area contributed by atoms with E-state index < -0.39 is 17.5 Å². The van der Waals surface area contributed by atoms with Crippen molar-refractivity contribution < 1.29 is 18.3 Å². The molecule has 0 saturated heterocycles. The smallest absolute Gasteiger partial charge is 0.254 e. The SMILES string of the molecule is COc1cc(Cl)ccc1CNC(=O)c1cc(F)ccc1F. The largest absolute Gasteiger partial charge is 0.496 e. The maximum Gasteiger partial charge on any atom is 0.254 e. The van der Waals surface area contributed by atoms with E-state index in [1.165, 1.54) is 7.11 Å². The van der Waals surface area contributed by atoms with E-state index in [-0.39, 0.29) is 12.1 Å². The molecule has 2 aromatic rings. The van der Waals surface area contributed by atoms with Gasteiger partial charge in [-0.1, -0.05) is 17.7 Å². The lowest BCUT2D eigenvalue weighted by molar-refractivity contribution is 0.0946. The minimum Gasteiger partial charge on any atom is -0.496 e. The Labute approximate surface area is 125 Å². The second-order valence-corrected chi connectivity index (χ2v) is 4.70. The molecular formula is C15H12ClF2NO2. The van der Waals surface area contributed by atoms with Crippen LogP contribution in [0, 0.1) is 11.6 Å². The van der Waals surface area contributed by atoms with Gasteiger partial charge >= 0.3 is 0 Å². The Morgan fingerprint density at radius 3 is 2.71 bits per heavy atom. The fourth-order valence-corrected chi connectivity index (χ4v) is 1.97. The van der Waals surface area contributed by atoms with E-state index in [0.717, 1.165) is 18.2 Å². The van der Waals surface area contributed by atoms with Crippen molar-refractivity contribution in [3.05, 3.63) is 64.2 Å². The van der Waals surface area contributed by atoms with Gasteiger partial charge < -0.3 is 10.1 Å². The van der Waals surface area contributed by atoms with Crippen molar-refractivity contribution in [2.75, 3.05) is 7.11 Å². The van der Waals surface area contributed by atoms with Crippen molar-refractivity contribution in [1.82, 2.24) is 5.32 Å². The van der Waals surface area contributed by atoms with Crippen LogP contribution in [0.2, 0.25) is 5.02 Å². The predicted octanol–water partition coefficient (Wildman–Crippen LogP) is 3.56. The number of carbonyl (C=O) groups is 1. The molecule has 2 aromatic carbocycles. The zero-order chi connectivity index (χ0) is 15.4. The van der Waals surface area contributed by atoms with Gasteiger partial charge in [-0.25, -0.2) is 8.78 Å². The zero-order valence-corrected chi connectivity index (χ0v) is 11.9. The normalized spacial score (nSPS) is 10.3. The molecule has 1 amide bonds. The molecule has 0 fully saturated rings. The lowest BCUT2D eigenvalue weighted by Crippen LogP contribution is -2.24. The zero-order valence-electron chi connectivity index (χ0n) is 11.1. The van der Waals surface area contributed by atoms with E-state index in [2.05, 4.69) is 5.32 Å². The number of carbonyl (C=O) groups excluding carboxylic acids is 1. The fraction of sp³-hybridized carbons (Fsp3) is 0.133. The lowest BCUT2D eigenvalue weighted by Gasteiger charge is -2.10. The molecule has 0 radical (unpaired) electrons. The second kappa shape index (κ2) is 6.54. The Balaban J connectivity index is 2.13. The molecule has 2 rings (SSSR count). The number of halogens is 3. The quantitative estimate of drug-likeness (QED) is 0.937. The van der Waals surface area contributed by atoms with Gasteiger partial charge in [-0.3, -0.25) is 4.79 Å². The molecule has 0 atom stereocenters. The third kappa shape index (κ3) is 3.70. The van der Waals surface area contributed by atoms with Crippen molar-refractivity contribution in [2.45, 2.75) is 6.54 Å². The first kappa shape index (κ1) is 15.3. The molecule has 110 valence electrons. The summed E-state index contributed by atoms with van der Waals surface area (Å²) in [6.45, 7) is 0.106. The highest BCUT2D eigenvalue weighted by Crippen LogP contribution is 2.23. The first-order valence-electron chi connectivity index (χ1n) is 6.07. The Morgan fingerprint density at radius 1 is 1.24 bits per heavy atom. The van der Waals surface area contributed by atoms with Crippen molar-refractivity contribution in [3.63, 3.8) is 0 Å². The second-order valence-electron chi connectivity index (χ2n) is 4.26. The van der Waals surface area contributed by atoms with E-state index in [4.69, 9.17) is 16.3 Å². The van der Waals surface area contributed by atoms with Gasteiger partial charge in [0.1, 0.15) is 17.4 Å². The van der Waals surface area contributed by atoms with Gasteiger partial charge in [-0.15, -0.1) is 0 Å². The van der Waals surface area contributed by atoms with Crippen molar-refractivity contribution >= 4 is 17.5 Å². The predicted molar refractivity (Wildman–Crippen MR) is 75.5 cm³/mol. The van der Waals surface area contributed by atoms with E-state index in [1.54, 1.807) is 18.2 Å². The molecule has 0 aliphatic rings. The van der Waals surface area contributed by atoms with E-state index in [1.807, 2.05) is 0 Å². The summed E-state index contributed by atoms with van der Waals surface area (Å²) in [7, 11) is 1.48. The Bertz CT molecular complexity index is 677. The Kier molecular flexibility index (Phi) is 4.75. The number of hydrogen-bond acceptors (Lipinski definition) is 2. The van der Waals surface area contributed by atoms with Crippen LogP contribution < -0.4 is 10.1 Å². The lowest BCUT2D eigenvalue weighted by atomic mass is 10.1. The number of benzene rings is 2. The first-order chi connectivity index (χ1) is 10.0. The number of nitrogens with one attached hydrogen (secondary N) is 1.